The molecule has 1 aromatic rings. The number of pyridine rings is 1. The lowest BCUT2D eigenvalue weighted by Crippen LogP contribution is -2.49. The van der Waals surface area contributed by atoms with Gasteiger partial charge in [-0.25, -0.2) is 4.98 Å². The minimum absolute atomic E-state index is 0. The largest absolute Gasteiger partial charge is 0.363 e. The number of rotatable bonds is 3. The molecule has 1 amide bonds. The van der Waals surface area contributed by atoms with Gasteiger partial charge < -0.3 is 15.1 Å². The summed E-state index contributed by atoms with van der Waals surface area (Å²) in [4.78, 5) is 23.4. The Hall–Kier alpha value is -1.08. The van der Waals surface area contributed by atoms with Crippen molar-refractivity contribution < 1.29 is 4.79 Å². The standard InChI is InChI=1S/C16H25N5O.2ClH/c1-19(2)15-11-13(3-5-18-15)16(22)21-8-4-14(12-21)20-9-6-17-7-10-20;;/h3,5,11,14,17H,4,6-10,12H2,1-2H3;2*1H. The smallest absolute Gasteiger partial charge is 0.254 e. The topological polar surface area (TPSA) is 51.7 Å². The van der Waals surface area contributed by atoms with Gasteiger partial charge in [-0.2, -0.15) is 0 Å². The number of halogens is 2. The van der Waals surface area contributed by atoms with Crippen LogP contribution in [0.25, 0.3) is 0 Å². The van der Waals surface area contributed by atoms with E-state index in [0.29, 0.717) is 6.04 Å². The van der Waals surface area contributed by atoms with Gasteiger partial charge in [0.1, 0.15) is 5.82 Å². The first-order valence-electron chi connectivity index (χ1n) is 8.02. The lowest BCUT2D eigenvalue weighted by atomic mass is 10.2. The van der Waals surface area contributed by atoms with Crippen LogP contribution in [0.2, 0.25) is 0 Å². The Morgan fingerprint density at radius 2 is 1.96 bits per heavy atom. The van der Waals surface area contributed by atoms with Gasteiger partial charge in [0.15, 0.2) is 0 Å². The Labute approximate surface area is 156 Å². The minimum atomic E-state index is 0. The van der Waals surface area contributed by atoms with Crippen LogP contribution in [-0.4, -0.2) is 80.1 Å². The molecule has 2 fully saturated rings. The molecule has 0 radical (unpaired) electrons. The number of amides is 1. The molecule has 1 unspecified atom stereocenters. The van der Waals surface area contributed by atoms with Crippen molar-refractivity contribution in [2.24, 2.45) is 0 Å². The van der Waals surface area contributed by atoms with Gasteiger partial charge in [-0.15, -0.1) is 24.8 Å². The molecular formula is C16H27Cl2N5O. The van der Waals surface area contributed by atoms with Crippen molar-refractivity contribution in [2.45, 2.75) is 12.5 Å². The van der Waals surface area contributed by atoms with Crippen molar-refractivity contribution in [1.29, 1.82) is 0 Å². The highest BCUT2D eigenvalue weighted by molar-refractivity contribution is 5.95. The molecule has 0 spiro atoms. The molecule has 2 aliphatic heterocycles. The van der Waals surface area contributed by atoms with Crippen LogP contribution in [0.15, 0.2) is 18.3 Å². The van der Waals surface area contributed by atoms with Gasteiger partial charge in [0.25, 0.3) is 5.91 Å². The number of hydrogen-bond acceptors (Lipinski definition) is 5. The first kappa shape index (κ1) is 21.0. The molecule has 24 heavy (non-hydrogen) atoms. The van der Waals surface area contributed by atoms with Crippen LogP contribution >= 0.6 is 24.8 Å². The monoisotopic (exact) mass is 375 g/mol. The van der Waals surface area contributed by atoms with Gasteiger partial charge in [0, 0.05) is 71.2 Å². The van der Waals surface area contributed by atoms with E-state index in [1.807, 2.05) is 36.0 Å². The first-order chi connectivity index (χ1) is 10.6. The number of nitrogens with one attached hydrogen (secondary N) is 1. The molecule has 0 aliphatic carbocycles. The highest BCUT2D eigenvalue weighted by atomic mass is 35.5. The molecule has 6 nitrogen and oxygen atoms in total. The molecule has 3 heterocycles. The highest BCUT2D eigenvalue weighted by Crippen LogP contribution is 2.19. The zero-order valence-electron chi connectivity index (χ0n) is 14.3. The van der Waals surface area contributed by atoms with E-state index in [9.17, 15) is 4.79 Å². The Balaban J connectivity index is 0.00000144. The van der Waals surface area contributed by atoms with Gasteiger partial charge in [-0.05, 0) is 18.6 Å². The van der Waals surface area contributed by atoms with E-state index >= 15 is 0 Å². The molecule has 1 N–H and O–H groups in total. The summed E-state index contributed by atoms with van der Waals surface area (Å²) in [6.45, 7) is 5.99. The first-order valence-corrected chi connectivity index (χ1v) is 8.02. The van der Waals surface area contributed by atoms with E-state index in [-0.39, 0.29) is 30.7 Å². The SMILES string of the molecule is CN(C)c1cc(C(=O)N2CCC(N3CCNCC3)C2)ccn1.Cl.Cl. The van der Waals surface area contributed by atoms with E-state index in [0.717, 1.165) is 57.1 Å². The summed E-state index contributed by atoms with van der Waals surface area (Å²) < 4.78 is 0. The summed E-state index contributed by atoms with van der Waals surface area (Å²) in [6.07, 6.45) is 2.80. The Kier molecular flexibility index (Phi) is 8.22. The van der Waals surface area contributed by atoms with Gasteiger partial charge in [-0.1, -0.05) is 0 Å². The summed E-state index contributed by atoms with van der Waals surface area (Å²) in [5.74, 6) is 0.951. The second-order valence-electron chi connectivity index (χ2n) is 6.28. The van der Waals surface area contributed by atoms with Gasteiger partial charge in [0.2, 0.25) is 0 Å². The van der Waals surface area contributed by atoms with Crippen LogP contribution in [0.4, 0.5) is 5.82 Å². The number of likely N-dealkylation sites (tertiary alicyclic amines) is 1. The number of nitrogens with zero attached hydrogens (tertiary/aromatic N) is 4. The van der Waals surface area contributed by atoms with Crippen LogP contribution in [-0.2, 0) is 0 Å². The second kappa shape index (κ2) is 9.42. The van der Waals surface area contributed by atoms with E-state index in [1.165, 1.54) is 0 Å². The fourth-order valence-electron chi connectivity index (χ4n) is 3.25. The van der Waals surface area contributed by atoms with E-state index in [4.69, 9.17) is 0 Å². The lowest BCUT2D eigenvalue weighted by molar-refractivity contribution is 0.0773. The molecule has 2 saturated heterocycles. The number of carbonyl (C=O) groups is 1. The molecule has 0 aromatic carbocycles. The second-order valence-corrected chi connectivity index (χ2v) is 6.28. The molecular weight excluding hydrogens is 349 g/mol. The zero-order chi connectivity index (χ0) is 15.5. The summed E-state index contributed by atoms with van der Waals surface area (Å²) in [7, 11) is 3.87. The van der Waals surface area contributed by atoms with Crippen LogP contribution in [0.3, 0.4) is 0 Å². The number of hydrogen-bond donors (Lipinski definition) is 1. The maximum Gasteiger partial charge on any atom is 0.254 e. The average Bonchev–Trinajstić information content (AvgIpc) is 3.05. The fourth-order valence-corrected chi connectivity index (χ4v) is 3.25. The third-order valence-electron chi connectivity index (χ3n) is 4.57. The molecule has 0 saturated carbocycles. The Bertz CT molecular complexity index is 537. The molecule has 1 aromatic heterocycles. The molecule has 3 rings (SSSR count). The third kappa shape index (κ3) is 4.72. The highest BCUT2D eigenvalue weighted by Gasteiger charge is 2.31. The molecule has 136 valence electrons. The predicted octanol–water partition coefficient (Wildman–Crippen LogP) is 1.11. The van der Waals surface area contributed by atoms with Crippen molar-refractivity contribution in [1.82, 2.24) is 20.1 Å². The number of carbonyl (C=O) groups excluding carboxylic acids is 1. The molecule has 0 bridgehead atoms. The van der Waals surface area contributed by atoms with Crippen LogP contribution in [0, 0.1) is 0 Å². The average molecular weight is 376 g/mol. The van der Waals surface area contributed by atoms with Crippen molar-refractivity contribution in [3.05, 3.63) is 23.9 Å². The Morgan fingerprint density at radius 1 is 1.25 bits per heavy atom. The molecule has 8 heteroatoms. The molecule has 2 aliphatic rings. The quantitative estimate of drug-likeness (QED) is 0.857. The summed E-state index contributed by atoms with van der Waals surface area (Å²) in [5, 5.41) is 3.38. The van der Waals surface area contributed by atoms with Gasteiger partial charge >= 0.3 is 0 Å². The number of piperazine rings is 1. The number of aromatic nitrogens is 1. The summed E-state index contributed by atoms with van der Waals surface area (Å²) >= 11 is 0. The van der Waals surface area contributed by atoms with Crippen molar-refractivity contribution in [2.75, 3.05) is 58.3 Å². The van der Waals surface area contributed by atoms with Crippen LogP contribution in [0.5, 0.6) is 0 Å². The van der Waals surface area contributed by atoms with Crippen molar-refractivity contribution in [3.8, 4) is 0 Å². The van der Waals surface area contributed by atoms with Gasteiger partial charge in [0.05, 0.1) is 0 Å². The van der Waals surface area contributed by atoms with Crippen LogP contribution in [0.1, 0.15) is 16.8 Å². The van der Waals surface area contributed by atoms with Gasteiger partial charge in [-0.3, -0.25) is 9.69 Å². The maximum absolute atomic E-state index is 12.7. The van der Waals surface area contributed by atoms with Crippen molar-refractivity contribution in [3.63, 3.8) is 0 Å². The fraction of sp³-hybridized carbons (Fsp3) is 0.625. The zero-order valence-corrected chi connectivity index (χ0v) is 15.9. The van der Waals surface area contributed by atoms with E-state index < -0.39 is 0 Å². The summed E-state index contributed by atoms with van der Waals surface area (Å²) in [5.41, 5.74) is 0.736. The van der Waals surface area contributed by atoms with Crippen LogP contribution < -0.4 is 10.2 Å². The third-order valence-corrected chi connectivity index (χ3v) is 4.57. The predicted molar refractivity (Wildman–Crippen MR) is 102 cm³/mol. The lowest BCUT2D eigenvalue weighted by Gasteiger charge is -2.32. The maximum atomic E-state index is 12.7. The normalized spacial score (nSPS) is 20.9. The summed E-state index contributed by atoms with van der Waals surface area (Å²) in [6, 6.07) is 4.20. The van der Waals surface area contributed by atoms with E-state index in [2.05, 4.69) is 15.2 Å². The molecule has 1 atom stereocenters. The number of anilines is 1. The Morgan fingerprint density at radius 3 is 2.62 bits per heavy atom. The van der Waals surface area contributed by atoms with Crippen molar-refractivity contribution >= 4 is 36.5 Å². The van der Waals surface area contributed by atoms with E-state index in [1.54, 1.807) is 6.20 Å². The minimum Gasteiger partial charge on any atom is -0.363 e.